The van der Waals surface area contributed by atoms with Crippen molar-refractivity contribution in [1.29, 1.82) is 0 Å². The topological polar surface area (TPSA) is 24.8 Å². The summed E-state index contributed by atoms with van der Waals surface area (Å²) in [5, 5.41) is 0. The Bertz CT molecular complexity index is 763. The van der Waals surface area contributed by atoms with Crippen LogP contribution in [0.4, 0.5) is 4.39 Å². The van der Waals surface area contributed by atoms with Gasteiger partial charge in [-0.1, -0.05) is 36.4 Å². The molecule has 0 radical (unpaired) electrons. The molecule has 4 rings (SSSR count). The Morgan fingerprint density at radius 1 is 0.926 bits per heavy atom. The molecule has 4 heteroatoms. The standard InChI is InChI=1S/C23H27FN2O/c24-21-8-4-7-20(17-21)23(27)26-15-13-25(14-16-26)22-11-9-19(10-12-22)18-5-2-1-3-6-18/h1-8,17,19,22H,9-16H2/p+1. The van der Waals surface area contributed by atoms with Gasteiger partial charge in [0, 0.05) is 5.56 Å². The monoisotopic (exact) mass is 367 g/mol. The maximum atomic E-state index is 13.4. The Kier molecular flexibility index (Phi) is 5.53. The molecule has 1 aliphatic heterocycles. The summed E-state index contributed by atoms with van der Waals surface area (Å²) in [4.78, 5) is 16.1. The van der Waals surface area contributed by atoms with Gasteiger partial charge in [0.25, 0.3) is 5.91 Å². The van der Waals surface area contributed by atoms with Crippen LogP contribution in [0.1, 0.15) is 47.5 Å². The first-order valence-corrected chi connectivity index (χ1v) is 10.1. The molecule has 2 fully saturated rings. The van der Waals surface area contributed by atoms with Gasteiger partial charge in [0.05, 0.1) is 32.2 Å². The molecule has 142 valence electrons. The molecule has 1 saturated heterocycles. The molecule has 1 saturated carbocycles. The number of benzene rings is 2. The summed E-state index contributed by atoms with van der Waals surface area (Å²) in [5.41, 5.74) is 1.94. The van der Waals surface area contributed by atoms with E-state index in [9.17, 15) is 9.18 Å². The highest BCUT2D eigenvalue weighted by Crippen LogP contribution is 2.31. The van der Waals surface area contributed by atoms with Crippen molar-refractivity contribution < 1.29 is 14.1 Å². The SMILES string of the molecule is O=C(c1cccc(F)c1)N1CC[NH+](C2CCC(c3ccccc3)CC2)CC1. The van der Waals surface area contributed by atoms with Crippen molar-refractivity contribution in [3.05, 3.63) is 71.5 Å². The van der Waals surface area contributed by atoms with Gasteiger partial charge >= 0.3 is 0 Å². The van der Waals surface area contributed by atoms with E-state index < -0.39 is 0 Å². The van der Waals surface area contributed by atoms with Gasteiger partial charge in [-0.15, -0.1) is 0 Å². The van der Waals surface area contributed by atoms with Crippen LogP contribution >= 0.6 is 0 Å². The number of piperazine rings is 1. The molecule has 1 aliphatic carbocycles. The number of hydrogen-bond acceptors (Lipinski definition) is 1. The largest absolute Gasteiger partial charge is 0.330 e. The highest BCUT2D eigenvalue weighted by molar-refractivity contribution is 5.94. The van der Waals surface area contributed by atoms with E-state index in [1.807, 2.05) is 4.90 Å². The molecule has 2 aromatic rings. The third kappa shape index (κ3) is 4.22. The third-order valence-corrected chi connectivity index (χ3v) is 6.34. The van der Waals surface area contributed by atoms with Crippen LogP contribution < -0.4 is 4.90 Å². The van der Waals surface area contributed by atoms with E-state index >= 15 is 0 Å². The number of amides is 1. The summed E-state index contributed by atoms with van der Waals surface area (Å²) < 4.78 is 13.4. The van der Waals surface area contributed by atoms with E-state index in [1.165, 1.54) is 43.4 Å². The minimum Gasteiger partial charge on any atom is -0.330 e. The van der Waals surface area contributed by atoms with Gasteiger partial charge in [-0.2, -0.15) is 0 Å². The van der Waals surface area contributed by atoms with Gasteiger partial charge in [0.15, 0.2) is 0 Å². The summed E-state index contributed by atoms with van der Waals surface area (Å²) in [6, 6.07) is 17.6. The summed E-state index contributed by atoms with van der Waals surface area (Å²) in [6.07, 6.45) is 5.08. The summed E-state index contributed by atoms with van der Waals surface area (Å²) in [7, 11) is 0. The molecule has 1 amide bonds. The van der Waals surface area contributed by atoms with Gasteiger partial charge in [0.1, 0.15) is 5.82 Å². The van der Waals surface area contributed by atoms with Crippen molar-refractivity contribution in [3.8, 4) is 0 Å². The molecule has 1 heterocycles. The second-order valence-electron chi connectivity index (χ2n) is 7.92. The van der Waals surface area contributed by atoms with E-state index in [0.717, 1.165) is 32.2 Å². The zero-order valence-electron chi connectivity index (χ0n) is 15.7. The maximum absolute atomic E-state index is 13.4. The lowest BCUT2D eigenvalue weighted by atomic mass is 9.81. The number of nitrogens with zero attached hydrogens (tertiary/aromatic N) is 1. The molecule has 0 aromatic heterocycles. The molecular formula is C23H28FN2O+. The highest BCUT2D eigenvalue weighted by atomic mass is 19.1. The van der Waals surface area contributed by atoms with E-state index in [0.29, 0.717) is 11.5 Å². The minimum absolute atomic E-state index is 0.0404. The fourth-order valence-corrected chi connectivity index (χ4v) is 4.77. The van der Waals surface area contributed by atoms with Crippen LogP contribution in [0.25, 0.3) is 0 Å². The third-order valence-electron chi connectivity index (χ3n) is 6.34. The fourth-order valence-electron chi connectivity index (χ4n) is 4.77. The number of carbonyl (C=O) groups is 1. The van der Waals surface area contributed by atoms with E-state index in [1.54, 1.807) is 17.0 Å². The number of nitrogens with one attached hydrogen (secondary N) is 1. The molecule has 0 atom stereocenters. The molecule has 2 aliphatic rings. The van der Waals surface area contributed by atoms with Crippen LogP contribution in [0.3, 0.4) is 0 Å². The molecule has 2 aromatic carbocycles. The number of carbonyl (C=O) groups excluding carboxylic acids is 1. The molecule has 0 bridgehead atoms. The Morgan fingerprint density at radius 2 is 1.63 bits per heavy atom. The van der Waals surface area contributed by atoms with Crippen LogP contribution in [-0.4, -0.2) is 43.0 Å². The Balaban J connectivity index is 1.28. The minimum atomic E-state index is -0.347. The normalized spacial score (nSPS) is 24.0. The first-order chi connectivity index (χ1) is 13.2. The quantitative estimate of drug-likeness (QED) is 0.887. The smallest absolute Gasteiger partial charge is 0.254 e. The second-order valence-corrected chi connectivity index (χ2v) is 7.92. The molecule has 27 heavy (non-hydrogen) atoms. The average Bonchev–Trinajstić information content (AvgIpc) is 2.74. The van der Waals surface area contributed by atoms with Crippen molar-refractivity contribution in [2.45, 2.75) is 37.6 Å². The lowest BCUT2D eigenvalue weighted by Gasteiger charge is -2.39. The molecular weight excluding hydrogens is 339 g/mol. The molecule has 1 N–H and O–H groups in total. The second kappa shape index (κ2) is 8.22. The van der Waals surface area contributed by atoms with Crippen LogP contribution in [0.5, 0.6) is 0 Å². The molecule has 0 spiro atoms. The Labute approximate surface area is 160 Å². The lowest BCUT2D eigenvalue weighted by molar-refractivity contribution is -0.930. The first-order valence-electron chi connectivity index (χ1n) is 10.1. The average molecular weight is 367 g/mol. The summed E-state index contributed by atoms with van der Waals surface area (Å²) >= 11 is 0. The predicted molar refractivity (Wildman–Crippen MR) is 104 cm³/mol. The fraction of sp³-hybridized carbons (Fsp3) is 0.435. The number of quaternary nitrogens is 1. The van der Waals surface area contributed by atoms with Crippen LogP contribution in [0, 0.1) is 5.82 Å². The maximum Gasteiger partial charge on any atom is 0.254 e. The zero-order chi connectivity index (χ0) is 18.6. The number of hydrogen-bond donors (Lipinski definition) is 1. The van der Waals surface area contributed by atoms with Gasteiger partial charge in [-0.05, 0) is 55.4 Å². The first kappa shape index (κ1) is 18.2. The van der Waals surface area contributed by atoms with Crippen molar-refractivity contribution in [1.82, 2.24) is 4.90 Å². The molecule has 3 nitrogen and oxygen atoms in total. The van der Waals surface area contributed by atoms with E-state index in [4.69, 9.17) is 0 Å². The van der Waals surface area contributed by atoms with Crippen LogP contribution in [0.2, 0.25) is 0 Å². The van der Waals surface area contributed by atoms with Gasteiger partial charge < -0.3 is 9.80 Å². The number of halogens is 1. The predicted octanol–water partition coefficient (Wildman–Crippen LogP) is 2.89. The molecule has 0 unspecified atom stereocenters. The van der Waals surface area contributed by atoms with Crippen molar-refractivity contribution >= 4 is 5.91 Å². The summed E-state index contributed by atoms with van der Waals surface area (Å²) in [6.45, 7) is 3.54. The Morgan fingerprint density at radius 3 is 2.30 bits per heavy atom. The van der Waals surface area contributed by atoms with Crippen molar-refractivity contribution in [2.75, 3.05) is 26.2 Å². The lowest BCUT2D eigenvalue weighted by Crippen LogP contribution is -3.18. The zero-order valence-corrected chi connectivity index (χ0v) is 15.7. The summed E-state index contributed by atoms with van der Waals surface area (Å²) in [5.74, 6) is 0.319. The van der Waals surface area contributed by atoms with Gasteiger partial charge in [-0.3, -0.25) is 4.79 Å². The van der Waals surface area contributed by atoms with Crippen molar-refractivity contribution in [2.24, 2.45) is 0 Å². The number of rotatable bonds is 3. The van der Waals surface area contributed by atoms with Gasteiger partial charge in [-0.25, -0.2) is 4.39 Å². The highest BCUT2D eigenvalue weighted by Gasteiger charge is 2.33. The van der Waals surface area contributed by atoms with Crippen molar-refractivity contribution in [3.63, 3.8) is 0 Å². The van der Waals surface area contributed by atoms with E-state index in [2.05, 4.69) is 30.3 Å². The van der Waals surface area contributed by atoms with Crippen LogP contribution in [0.15, 0.2) is 54.6 Å². The Hall–Kier alpha value is -2.20. The van der Waals surface area contributed by atoms with Crippen LogP contribution in [-0.2, 0) is 0 Å². The van der Waals surface area contributed by atoms with E-state index in [-0.39, 0.29) is 11.7 Å². The van der Waals surface area contributed by atoms with Gasteiger partial charge in [0.2, 0.25) is 0 Å².